The SMILES string of the molecule is CCC(CC(=O)O)N1C(=O)C2CCC(C2)C1=O. The smallest absolute Gasteiger partial charge is 0.305 e. The third-order valence-corrected chi connectivity index (χ3v) is 3.85. The average Bonchev–Trinajstić information content (AvgIpc) is 2.71. The van der Waals surface area contributed by atoms with Crippen LogP contribution in [0.25, 0.3) is 0 Å². The Morgan fingerprint density at radius 1 is 1.35 bits per heavy atom. The van der Waals surface area contributed by atoms with Gasteiger partial charge in [-0.15, -0.1) is 0 Å². The van der Waals surface area contributed by atoms with Gasteiger partial charge >= 0.3 is 5.97 Å². The van der Waals surface area contributed by atoms with E-state index in [1.54, 1.807) is 0 Å². The van der Waals surface area contributed by atoms with Crippen LogP contribution in [0.5, 0.6) is 0 Å². The first kappa shape index (κ1) is 12.1. The molecule has 0 aromatic rings. The fourth-order valence-electron chi connectivity index (χ4n) is 2.91. The van der Waals surface area contributed by atoms with Crippen molar-refractivity contribution in [3.05, 3.63) is 0 Å². The van der Waals surface area contributed by atoms with Gasteiger partial charge < -0.3 is 5.11 Å². The van der Waals surface area contributed by atoms with Crippen LogP contribution in [0.3, 0.4) is 0 Å². The van der Waals surface area contributed by atoms with E-state index in [1.807, 2.05) is 6.92 Å². The first-order valence-corrected chi connectivity index (χ1v) is 6.13. The molecule has 5 nitrogen and oxygen atoms in total. The average molecular weight is 239 g/mol. The van der Waals surface area contributed by atoms with Gasteiger partial charge in [-0.05, 0) is 25.7 Å². The number of carbonyl (C=O) groups is 3. The number of fused-ring (bicyclic) bond motifs is 2. The molecule has 0 aromatic heterocycles. The highest BCUT2D eigenvalue weighted by molar-refractivity contribution is 6.01. The molecule has 2 fully saturated rings. The number of rotatable bonds is 4. The van der Waals surface area contributed by atoms with E-state index in [4.69, 9.17) is 5.11 Å². The van der Waals surface area contributed by atoms with Gasteiger partial charge in [0, 0.05) is 17.9 Å². The molecule has 94 valence electrons. The summed E-state index contributed by atoms with van der Waals surface area (Å²) in [6.07, 6.45) is 2.57. The summed E-state index contributed by atoms with van der Waals surface area (Å²) in [5, 5.41) is 8.82. The lowest BCUT2D eigenvalue weighted by molar-refractivity contribution is -0.157. The molecule has 5 heteroatoms. The lowest BCUT2D eigenvalue weighted by Crippen LogP contribution is -2.52. The lowest BCUT2D eigenvalue weighted by Gasteiger charge is -2.35. The van der Waals surface area contributed by atoms with Crippen molar-refractivity contribution in [1.29, 1.82) is 0 Å². The van der Waals surface area contributed by atoms with E-state index in [2.05, 4.69) is 0 Å². The predicted octanol–water partition coefficient (Wildman–Crippen LogP) is 1.02. The summed E-state index contributed by atoms with van der Waals surface area (Å²) in [6, 6.07) is -0.476. The van der Waals surface area contributed by atoms with Gasteiger partial charge in [0.05, 0.1) is 6.42 Å². The Hall–Kier alpha value is -1.39. The maximum absolute atomic E-state index is 12.1. The normalized spacial score (nSPS) is 29.6. The minimum absolute atomic E-state index is 0.0551. The molecule has 1 saturated carbocycles. The third kappa shape index (κ3) is 2.06. The van der Waals surface area contributed by atoms with E-state index in [1.165, 1.54) is 4.90 Å². The van der Waals surface area contributed by atoms with Crippen LogP contribution >= 0.6 is 0 Å². The van der Waals surface area contributed by atoms with Crippen LogP contribution in [0.1, 0.15) is 39.0 Å². The molecule has 1 saturated heterocycles. The Balaban J connectivity index is 2.20. The number of carbonyl (C=O) groups excluding carboxylic acids is 2. The van der Waals surface area contributed by atoms with Gasteiger partial charge in [-0.2, -0.15) is 0 Å². The topological polar surface area (TPSA) is 74.7 Å². The number of imide groups is 1. The van der Waals surface area contributed by atoms with E-state index in [-0.39, 0.29) is 30.1 Å². The van der Waals surface area contributed by atoms with Gasteiger partial charge in [0.15, 0.2) is 0 Å². The molecule has 17 heavy (non-hydrogen) atoms. The van der Waals surface area contributed by atoms with Gasteiger partial charge in [0.25, 0.3) is 0 Å². The standard InChI is InChI=1S/C12H17NO4/c1-2-9(6-10(14)15)13-11(16)7-3-4-8(5-7)12(13)17/h7-9H,2-6H2,1H3,(H,14,15). The maximum Gasteiger partial charge on any atom is 0.305 e. The molecular formula is C12H17NO4. The molecular weight excluding hydrogens is 222 g/mol. The molecule has 2 amide bonds. The number of carboxylic acid groups (broad SMARTS) is 1. The van der Waals surface area contributed by atoms with Crippen molar-refractivity contribution in [2.24, 2.45) is 11.8 Å². The summed E-state index contributed by atoms with van der Waals surface area (Å²) in [4.78, 5) is 36.2. The van der Waals surface area contributed by atoms with E-state index < -0.39 is 12.0 Å². The van der Waals surface area contributed by atoms with Crippen molar-refractivity contribution in [2.75, 3.05) is 0 Å². The number of piperidine rings is 1. The zero-order chi connectivity index (χ0) is 12.6. The van der Waals surface area contributed by atoms with Crippen molar-refractivity contribution in [1.82, 2.24) is 4.90 Å². The number of nitrogens with zero attached hydrogens (tertiary/aromatic N) is 1. The Bertz CT molecular complexity index is 344. The van der Waals surface area contributed by atoms with Crippen LogP contribution in [0.4, 0.5) is 0 Å². The molecule has 3 unspecified atom stereocenters. The van der Waals surface area contributed by atoms with Crippen LogP contribution in [-0.4, -0.2) is 33.8 Å². The lowest BCUT2D eigenvalue weighted by atomic mass is 9.94. The van der Waals surface area contributed by atoms with Crippen molar-refractivity contribution in [3.8, 4) is 0 Å². The molecule has 2 rings (SSSR count). The quantitative estimate of drug-likeness (QED) is 0.743. The Morgan fingerprint density at radius 3 is 2.29 bits per heavy atom. The summed E-state index contributed by atoms with van der Waals surface area (Å²) in [7, 11) is 0. The Labute approximate surface area is 99.8 Å². The Kier molecular flexibility index (Phi) is 3.17. The summed E-state index contributed by atoms with van der Waals surface area (Å²) in [5.74, 6) is -1.38. The van der Waals surface area contributed by atoms with Gasteiger partial charge in [0.2, 0.25) is 11.8 Å². The summed E-state index contributed by atoms with van der Waals surface area (Å²) >= 11 is 0. The zero-order valence-electron chi connectivity index (χ0n) is 9.89. The molecule has 2 aliphatic rings. The van der Waals surface area contributed by atoms with Gasteiger partial charge in [-0.1, -0.05) is 6.92 Å². The zero-order valence-corrected chi connectivity index (χ0v) is 9.89. The molecule has 1 N–H and O–H groups in total. The summed E-state index contributed by atoms with van der Waals surface area (Å²) in [6.45, 7) is 1.81. The first-order valence-electron chi connectivity index (χ1n) is 6.13. The minimum atomic E-state index is -0.963. The number of hydrogen-bond acceptors (Lipinski definition) is 3. The van der Waals surface area contributed by atoms with Crippen LogP contribution in [-0.2, 0) is 14.4 Å². The van der Waals surface area contributed by atoms with Crippen molar-refractivity contribution in [3.63, 3.8) is 0 Å². The number of carboxylic acids is 1. The predicted molar refractivity (Wildman–Crippen MR) is 59.0 cm³/mol. The van der Waals surface area contributed by atoms with E-state index in [9.17, 15) is 14.4 Å². The summed E-state index contributed by atoms with van der Waals surface area (Å²) < 4.78 is 0. The minimum Gasteiger partial charge on any atom is -0.481 e. The van der Waals surface area contributed by atoms with Crippen molar-refractivity contribution < 1.29 is 19.5 Å². The van der Waals surface area contributed by atoms with Crippen LogP contribution in [0, 0.1) is 11.8 Å². The van der Waals surface area contributed by atoms with E-state index >= 15 is 0 Å². The number of amides is 2. The third-order valence-electron chi connectivity index (χ3n) is 3.85. The van der Waals surface area contributed by atoms with Crippen molar-refractivity contribution >= 4 is 17.8 Å². The maximum atomic E-state index is 12.1. The fourth-order valence-corrected chi connectivity index (χ4v) is 2.91. The monoisotopic (exact) mass is 239 g/mol. The van der Waals surface area contributed by atoms with E-state index in [0.29, 0.717) is 12.8 Å². The molecule has 1 aliphatic carbocycles. The van der Waals surface area contributed by atoms with E-state index in [0.717, 1.165) is 12.8 Å². The van der Waals surface area contributed by atoms with Gasteiger partial charge in [0.1, 0.15) is 0 Å². The van der Waals surface area contributed by atoms with Gasteiger partial charge in [-0.25, -0.2) is 0 Å². The Morgan fingerprint density at radius 2 is 1.88 bits per heavy atom. The number of likely N-dealkylation sites (tertiary alicyclic amines) is 1. The fraction of sp³-hybridized carbons (Fsp3) is 0.750. The second-order valence-electron chi connectivity index (χ2n) is 4.91. The second kappa shape index (κ2) is 4.47. The van der Waals surface area contributed by atoms with Crippen LogP contribution in [0.2, 0.25) is 0 Å². The molecule has 1 aliphatic heterocycles. The molecule has 1 heterocycles. The summed E-state index contributed by atoms with van der Waals surface area (Å²) in [5.41, 5.74) is 0. The van der Waals surface area contributed by atoms with Gasteiger partial charge in [-0.3, -0.25) is 19.3 Å². The molecule has 2 bridgehead atoms. The largest absolute Gasteiger partial charge is 0.481 e. The first-order chi connectivity index (χ1) is 8.04. The van der Waals surface area contributed by atoms with Crippen LogP contribution in [0.15, 0.2) is 0 Å². The highest BCUT2D eigenvalue weighted by Gasteiger charge is 2.47. The van der Waals surface area contributed by atoms with Crippen molar-refractivity contribution in [2.45, 2.75) is 45.1 Å². The second-order valence-corrected chi connectivity index (χ2v) is 4.91. The molecule has 0 aromatic carbocycles. The molecule has 0 radical (unpaired) electrons. The number of hydrogen-bond donors (Lipinski definition) is 1. The highest BCUT2D eigenvalue weighted by Crippen LogP contribution is 2.39. The molecule has 0 spiro atoms. The van der Waals surface area contributed by atoms with Crippen LogP contribution < -0.4 is 0 Å². The molecule has 3 atom stereocenters. The highest BCUT2D eigenvalue weighted by atomic mass is 16.4. The number of aliphatic carboxylic acids is 1.